The zero-order valence-electron chi connectivity index (χ0n) is 12.6. The fourth-order valence-electron chi connectivity index (χ4n) is 1.90. The standard InChI is InChI=1S/C16H16N2O3S/c1-5-8-22-15-7-6-12(17-18-15)11-9-13(19-2)16(21-4)14(10-11)20-3/h1,6-7,9-10H,8H2,2-4H3. The fraction of sp³-hybridized carbons (Fsp3) is 0.250. The molecule has 0 spiro atoms. The summed E-state index contributed by atoms with van der Waals surface area (Å²) >= 11 is 1.47. The Hall–Kier alpha value is -2.39. The van der Waals surface area contributed by atoms with Gasteiger partial charge in [0.15, 0.2) is 11.5 Å². The molecule has 0 amide bonds. The van der Waals surface area contributed by atoms with Crippen LogP contribution in [0.1, 0.15) is 0 Å². The van der Waals surface area contributed by atoms with Gasteiger partial charge in [-0.1, -0.05) is 17.7 Å². The minimum atomic E-state index is 0.544. The Balaban J connectivity index is 2.38. The number of ether oxygens (including phenoxy) is 3. The Bertz CT molecular complexity index is 656. The minimum absolute atomic E-state index is 0.544. The van der Waals surface area contributed by atoms with Gasteiger partial charge in [-0.3, -0.25) is 0 Å². The number of aromatic nitrogens is 2. The Morgan fingerprint density at radius 2 is 1.73 bits per heavy atom. The summed E-state index contributed by atoms with van der Waals surface area (Å²) < 4.78 is 16.0. The van der Waals surface area contributed by atoms with Crippen LogP contribution >= 0.6 is 11.8 Å². The third-order valence-electron chi connectivity index (χ3n) is 2.90. The Morgan fingerprint density at radius 3 is 2.18 bits per heavy atom. The molecule has 0 saturated carbocycles. The van der Waals surface area contributed by atoms with Crippen molar-refractivity contribution < 1.29 is 14.2 Å². The molecule has 0 atom stereocenters. The highest BCUT2D eigenvalue weighted by atomic mass is 32.2. The van der Waals surface area contributed by atoms with E-state index in [-0.39, 0.29) is 0 Å². The normalized spacial score (nSPS) is 9.91. The summed E-state index contributed by atoms with van der Waals surface area (Å²) in [4.78, 5) is 0. The average Bonchev–Trinajstić information content (AvgIpc) is 2.58. The van der Waals surface area contributed by atoms with Crippen LogP contribution in [0.5, 0.6) is 17.2 Å². The van der Waals surface area contributed by atoms with Crippen LogP contribution < -0.4 is 14.2 Å². The van der Waals surface area contributed by atoms with Gasteiger partial charge in [-0.2, -0.15) is 0 Å². The predicted molar refractivity (Wildman–Crippen MR) is 86.7 cm³/mol. The van der Waals surface area contributed by atoms with E-state index in [9.17, 15) is 0 Å². The first-order valence-electron chi connectivity index (χ1n) is 6.43. The first kappa shape index (κ1) is 16.0. The molecule has 22 heavy (non-hydrogen) atoms. The van der Waals surface area contributed by atoms with Gasteiger partial charge in [-0.15, -0.1) is 16.6 Å². The zero-order chi connectivity index (χ0) is 15.9. The van der Waals surface area contributed by atoms with Crippen molar-refractivity contribution in [1.82, 2.24) is 10.2 Å². The quantitative estimate of drug-likeness (QED) is 0.603. The van der Waals surface area contributed by atoms with E-state index >= 15 is 0 Å². The monoisotopic (exact) mass is 316 g/mol. The van der Waals surface area contributed by atoms with Crippen molar-refractivity contribution in [3.63, 3.8) is 0 Å². The number of terminal acetylenes is 1. The highest BCUT2D eigenvalue weighted by Crippen LogP contribution is 2.40. The molecule has 2 aromatic rings. The molecule has 0 aliphatic carbocycles. The van der Waals surface area contributed by atoms with Gasteiger partial charge in [0, 0.05) is 5.56 Å². The summed E-state index contributed by atoms with van der Waals surface area (Å²) in [5, 5.41) is 9.15. The van der Waals surface area contributed by atoms with Crippen molar-refractivity contribution in [2.24, 2.45) is 0 Å². The van der Waals surface area contributed by atoms with Crippen molar-refractivity contribution in [2.75, 3.05) is 27.1 Å². The topological polar surface area (TPSA) is 53.5 Å². The molecule has 1 aromatic carbocycles. The van der Waals surface area contributed by atoms with E-state index in [0.717, 1.165) is 10.6 Å². The highest BCUT2D eigenvalue weighted by Gasteiger charge is 2.14. The average molecular weight is 316 g/mol. The molecule has 0 bridgehead atoms. The van der Waals surface area contributed by atoms with Gasteiger partial charge in [0.2, 0.25) is 5.75 Å². The summed E-state index contributed by atoms with van der Waals surface area (Å²) in [5.41, 5.74) is 1.54. The summed E-state index contributed by atoms with van der Waals surface area (Å²) in [7, 11) is 4.72. The van der Waals surface area contributed by atoms with Gasteiger partial charge in [0.25, 0.3) is 0 Å². The molecule has 0 aliphatic rings. The first-order chi connectivity index (χ1) is 10.7. The number of hydrogen-bond acceptors (Lipinski definition) is 6. The second-order valence-electron chi connectivity index (χ2n) is 4.16. The molecular weight excluding hydrogens is 300 g/mol. The molecule has 6 heteroatoms. The lowest BCUT2D eigenvalue weighted by atomic mass is 10.1. The molecule has 0 aliphatic heterocycles. The maximum atomic E-state index is 5.34. The van der Waals surface area contributed by atoms with Crippen molar-refractivity contribution in [1.29, 1.82) is 0 Å². The first-order valence-corrected chi connectivity index (χ1v) is 7.42. The number of rotatable bonds is 6. The number of thioether (sulfide) groups is 1. The molecule has 1 aromatic heterocycles. The Kier molecular flexibility index (Phi) is 5.50. The molecular formula is C16H16N2O3S. The van der Waals surface area contributed by atoms with Gasteiger partial charge in [0.05, 0.1) is 32.8 Å². The van der Waals surface area contributed by atoms with E-state index in [4.69, 9.17) is 20.6 Å². The summed E-state index contributed by atoms with van der Waals surface area (Å²) in [6.07, 6.45) is 5.23. The number of benzene rings is 1. The summed E-state index contributed by atoms with van der Waals surface area (Å²) in [6.45, 7) is 0. The lowest BCUT2D eigenvalue weighted by Crippen LogP contribution is -1.97. The van der Waals surface area contributed by atoms with Crippen LogP contribution in [0.15, 0.2) is 29.3 Å². The second-order valence-corrected chi connectivity index (χ2v) is 5.16. The van der Waals surface area contributed by atoms with Crippen LogP contribution in [-0.2, 0) is 0 Å². The zero-order valence-corrected chi connectivity index (χ0v) is 13.4. The van der Waals surface area contributed by atoms with E-state index < -0.39 is 0 Å². The molecule has 0 radical (unpaired) electrons. The molecule has 2 rings (SSSR count). The molecule has 0 unspecified atom stereocenters. The van der Waals surface area contributed by atoms with Crippen LogP contribution in [0.25, 0.3) is 11.3 Å². The van der Waals surface area contributed by atoms with Crippen LogP contribution in [-0.4, -0.2) is 37.3 Å². The third-order valence-corrected chi connectivity index (χ3v) is 3.73. The maximum Gasteiger partial charge on any atom is 0.203 e. The van der Waals surface area contributed by atoms with Crippen molar-refractivity contribution in [3.05, 3.63) is 24.3 Å². The summed E-state index contributed by atoms with van der Waals surface area (Å²) in [6, 6.07) is 7.43. The van der Waals surface area contributed by atoms with E-state index in [1.807, 2.05) is 24.3 Å². The van der Waals surface area contributed by atoms with Gasteiger partial charge >= 0.3 is 0 Å². The number of nitrogens with zero attached hydrogens (tertiary/aromatic N) is 2. The maximum absolute atomic E-state index is 5.34. The Morgan fingerprint density at radius 1 is 1.05 bits per heavy atom. The van der Waals surface area contributed by atoms with Gasteiger partial charge < -0.3 is 14.2 Å². The van der Waals surface area contributed by atoms with Crippen LogP contribution in [0.4, 0.5) is 0 Å². The third kappa shape index (κ3) is 3.43. The van der Waals surface area contributed by atoms with Crippen LogP contribution in [0, 0.1) is 12.3 Å². The second kappa shape index (κ2) is 7.57. The molecule has 0 saturated heterocycles. The largest absolute Gasteiger partial charge is 0.493 e. The smallest absolute Gasteiger partial charge is 0.203 e. The predicted octanol–water partition coefficient (Wildman–Crippen LogP) is 2.89. The van der Waals surface area contributed by atoms with Crippen LogP contribution in [0.2, 0.25) is 0 Å². The highest BCUT2D eigenvalue weighted by molar-refractivity contribution is 7.99. The molecule has 1 heterocycles. The lowest BCUT2D eigenvalue weighted by Gasteiger charge is -2.13. The number of methoxy groups -OCH3 is 3. The number of hydrogen-bond donors (Lipinski definition) is 0. The molecule has 5 nitrogen and oxygen atoms in total. The van der Waals surface area contributed by atoms with Crippen molar-refractivity contribution in [3.8, 4) is 40.8 Å². The van der Waals surface area contributed by atoms with Gasteiger partial charge in [-0.25, -0.2) is 0 Å². The minimum Gasteiger partial charge on any atom is -0.493 e. The van der Waals surface area contributed by atoms with E-state index in [1.165, 1.54) is 11.8 Å². The SMILES string of the molecule is C#CCSc1ccc(-c2cc(OC)c(OC)c(OC)c2)nn1. The Labute approximate surface area is 134 Å². The van der Waals surface area contributed by atoms with Gasteiger partial charge in [0.1, 0.15) is 5.03 Å². The van der Waals surface area contributed by atoms with Crippen molar-refractivity contribution in [2.45, 2.75) is 5.03 Å². The molecule has 0 N–H and O–H groups in total. The van der Waals surface area contributed by atoms with Gasteiger partial charge in [-0.05, 0) is 24.3 Å². The van der Waals surface area contributed by atoms with E-state index in [2.05, 4.69) is 16.1 Å². The molecule has 114 valence electrons. The fourth-order valence-corrected chi connectivity index (χ4v) is 2.39. The summed E-state index contributed by atoms with van der Waals surface area (Å²) in [5.74, 6) is 4.81. The van der Waals surface area contributed by atoms with E-state index in [0.29, 0.717) is 28.7 Å². The van der Waals surface area contributed by atoms with E-state index in [1.54, 1.807) is 21.3 Å². The van der Waals surface area contributed by atoms with Crippen LogP contribution in [0.3, 0.4) is 0 Å². The molecule has 0 fully saturated rings. The lowest BCUT2D eigenvalue weighted by molar-refractivity contribution is 0.324. The van der Waals surface area contributed by atoms with Crippen molar-refractivity contribution >= 4 is 11.8 Å².